The fourth-order valence-electron chi connectivity index (χ4n) is 1.54. The molecule has 0 amide bonds. The predicted octanol–water partition coefficient (Wildman–Crippen LogP) is 3.25. The van der Waals surface area contributed by atoms with Gasteiger partial charge in [-0.3, -0.25) is 0 Å². The molecule has 88 valence electrons. The van der Waals surface area contributed by atoms with Crippen molar-refractivity contribution in [2.45, 2.75) is 13.5 Å². The lowest BCUT2D eigenvalue weighted by Crippen LogP contribution is -1.97. The molecular formula is C13H11F2NO. The van der Waals surface area contributed by atoms with E-state index >= 15 is 0 Å². The lowest BCUT2D eigenvalue weighted by Gasteiger charge is -2.07. The molecule has 0 N–H and O–H groups in total. The lowest BCUT2D eigenvalue weighted by atomic mass is 10.1. The number of aromatic nitrogens is 1. The monoisotopic (exact) mass is 235 g/mol. The van der Waals surface area contributed by atoms with Gasteiger partial charge in [0.1, 0.15) is 18.2 Å². The summed E-state index contributed by atoms with van der Waals surface area (Å²) in [4.78, 5) is 3.42. The Morgan fingerprint density at radius 3 is 2.71 bits per heavy atom. The zero-order chi connectivity index (χ0) is 12.3. The zero-order valence-electron chi connectivity index (χ0n) is 9.28. The van der Waals surface area contributed by atoms with Crippen LogP contribution >= 0.6 is 0 Å². The van der Waals surface area contributed by atoms with Crippen LogP contribution in [0.15, 0.2) is 36.5 Å². The van der Waals surface area contributed by atoms with Gasteiger partial charge in [0.25, 0.3) is 0 Å². The second-order valence-corrected chi connectivity index (χ2v) is 3.74. The third-order valence-corrected chi connectivity index (χ3v) is 2.21. The topological polar surface area (TPSA) is 22.1 Å². The van der Waals surface area contributed by atoms with Crippen molar-refractivity contribution in [2.75, 3.05) is 0 Å². The number of nitrogens with zero attached hydrogens (tertiary/aromatic N) is 1. The Bertz CT molecular complexity index is 508. The Balaban J connectivity index is 2.07. The second-order valence-electron chi connectivity index (χ2n) is 3.74. The molecule has 0 saturated carbocycles. The highest BCUT2D eigenvalue weighted by Gasteiger charge is 2.01. The van der Waals surface area contributed by atoms with Crippen molar-refractivity contribution in [3.05, 3.63) is 59.4 Å². The van der Waals surface area contributed by atoms with Gasteiger partial charge >= 0.3 is 0 Å². The molecule has 0 bridgehead atoms. The van der Waals surface area contributed by atoms with Gasteiger partial charge in [0, 0.05) is 12.3 Å². The van der Waals surface area contributed by atoms with Crippen molar-refractivity contribution in [1.82, 2.24) is 4.98 Å². The van der Waals surface area contributed by atoms with Crippen LogP contribution in [0.2, 0.25) is 0 Å². The summed E-state index contributed by atoms with van der Waals surface area (Å²) in [5, 5.41) is 0. The van der Waals surface area contributed by atoms with Gasteiger partial charge in [-0.05, 0) is 36.2 Å². The summed E-state index contributed by atoms with van der Waals surface area (Å²) < 4.78 is 31.2. The number of halogens is 2. The minimum atomic E-state index is -0.599. The largest absolute Gasteiger partial charge is 0.489 e. The van der Waals surface area contributed by atoms with Gasteiger partial charge in [0.2, 0.25) is 5.95 Å². The van der Waals surface area contributed by atoms with E-state index in [1.54, 1.807) is 13.0 Å². The number of rotatable bonds is 3. The average Bonchev–Trinajstić information content (AvgIpc) is 2.25. The van der Waals surface area contributed by atoms with Crippen LogP contribution in [0.3, 0.4) is 0 Å². The summed E-state index contributed by atoms with van der Waals surface area (Å²) in [6.07, 6.45) is 1.32. The van der Waals surface area contributed by atoms with Gasteiger partial charge in [-0.25, -0.2) is 9.37 Å². The maximum Gasteiger partial charge on any atom is 0.216 e. The van der Waals surface area contributed by atoms with Crippen LogP contribution in [-0.4, -0.2) is 4.98 Å². The van der Waals surface area contributed by atoms with Crippen molar-refractivity contribution in [3.63, 3.8) is 0 Å². The Labute approximate surface area is 97.9 Å². The number of hydrogen-bond acceptors (Lipinski definition) is 2. The standard InChI is InChI=1S/C13H11F2NO/c1-9-4-10(6-11(14)5-9)8-17-12-2-3-16-13(15)7-12/h2-7H,8H2,1H3. The highest BCUT2D eigenvalue weighted by atomic mass is 19.1. The number of benzene rings is 1. The van der Waals surface area contributed by atoms with Gasteiger partial charge < -0.3 is 4.74 Å². The molecule has 2 aromatic rings. The number of hydrogen-bond donors (Lipinski definition) is 0. The Hall–Kier alpha value is -1.97. The summed E-state index contributed by atoms with van der Waals surface area (Å²) in [6, 6.07) is 7.39. The molecule has 17 heavy (non-hydrogen) atoms. The minimum absolute atomic E-state index is 0.196. The number of aryl methyl sites for hydroxylation is 1. The highest BCUT2D eigenvalue weighted by Crippen LogP contribution is 2.14. The van der Waals surface area contributed by atoms with E-state index in [1.807, 2.05) is 6.07 Å². The van der Waals surface area contributed by atoms with E-state index < -0.39 is 5.95 Å². The van der Waals surface area contributed by atoms with Crippen LogP contribution in [0.4, 0.5) is 8.78 Å². The van der Waals surface area contributed by atoms with E-state index in [0.717, 1.165) is 5.56 Å². The molecule has 0 radical (unpaired) electrons. The average molecular weight is 235 g/mol. The Kier molecular flexibility index (Phi) is 3.32. The molecule has 4 heteroatoms. The third kappa shape index (κ3) is 3.24. The van der Waals surface area contributed by atoms with E-state index in [4.69, 9.17) is 4.74 Å². The molecule has 0 aliphatic carbocycles. The van der Waals surface area contributed by atoms with Crippen molar-refractivity contribution in [1.29, 1.82) is 0 Å². The van der Waals surface area contributed by atoms with Crippen molar-refractivity contribution >= 4 is 0 Å². The fourth-order valence-corrected chi connectivity index (χ4v) is 1.54. The van der Waals surface area contributed by atoms with Crippen molar-refractivity contribution in [2.24, 2.45) is 0 Å². The zero-order valence-corrected chi connectivity index (χ0v) is 9.28. The summed E-state index contributed by atoms with van der Waals surface area (Å²) in [7, 11) is 0. The maximum atomic E-state index is 13.1. The number of ether oxygens (including phenoxy) is 1. The van der Waals surface area contributed by atoms with Crippen LogP contribution in [-0.2, 0) is 6.61 Å². The lowest BCUT2D eigenvalue weighted by molar-refractivity contribution is 0.303. The normalized spacial score (nSPS) is 10.3. The van der Waals surface area contributed by atoms with Crippen molar-refractivity contribution < 1.29 is 13.5 Å². The molecular weight excluding hydrogens is 224 g/mol. The van der Waals surface area contributed by atoms with Gasteiger partial charge in [0.05, 0.1) is 0 Å². The van der Waals surface area contributed by atoms with Crippen LogP contribution in [0.25, 0.3) is 0 Å². The Morgan fingerprint density at radius 2 is 2.00 bits per heavy atom. The van der Waals surface area contributed by atoms with Gasteiger partial charge in [-0.15, -0.1) is 0 Å². The molecule has 0 fully saturated rings. The molecule has 1 heterocycles. The first-order valence-corrected chi connectivity index (χ1v) is 5.14. The maximum absolute atomic E-state index is 13.1. The molecule has 2 rings (SSSR count). The SMILES string of the molecule is Cc1cc(F)cc(COc2ccnc(F)c2)c1. The van der Waals surface area contributed by atoms with Gasteiger partial charge in [0.15, 0.2) is 0 Å². The molecule has 1 aromatic heterocycles. The first kappa shape index (κ1) is 11.5. The predicted molar refractivity (Wildman–Crippen MR) is 59.7 cm³/mol. The molecule has 2 nitrogen and oxygen atoms in total. The van der Waals surface area contributed by atoms with Crippen LogP contribution in [0, 0.1) is 18.7 Å². The molecule has 1 aromatic carbocycles. The summed E-state index contributed by atoms with van der Waals surface area (Å²) in [5.41, 5.74) is 1.53. The number of pyridine rings is 1. The molecule has 0 unspecified atom stereocenters. The minimum Gasteiger partial charge on any atom is -0.489 e. The van der Waals surface area contributed by atoms with Crippen LogP contribution < -0.4 is 4.74 Å². The molecule has 0 spiro atoms. The first-order valence-electron chi connectivity index (χ1n) is 5.14. The van der Waals surface area contributed by atoms with Crippen LogP contribution in [0.5, 0.6) is 5.75 Å². The van der Waals surface area contributed by atoms with E-state index in [9.17, 15) is 8.78 Å². The van der Waals surface area contributed by atoms with E-state index in [2.05, 4.69) is 4.98 Å². The summed E-state index contributed by atoms with van der Waals surface area (Å²) >= 11 is 0. The first-order chi connectivity index (χ1) is 8.13. The molecule has 0 saturated heterocycles. The van der Waals surface area contributed by atoms with Gasteiger partial charge in [-0.2, -0.15) is 4.39 Å². The Morgan fingerprint density at radius 1 is 1.18 bits per heavy atom. The third-order valence-electron chi connectivity index (χ3n) is 2.21. The van der Waals surface area contributed by atoms with E-state index in [1.165, 1.54) is 24.4 Å². The summed E-state index contributed by atoms with van der Waals surface area (Å²) in [5.74, 6) is -0.526. The van der Waals surface area contributed by atoms with E-state index in [-0.39, 0.29) is 12.4 Å². The second kappa shape index (κ2) is 4.91. The van der Waals surface area contributed by atoms with Crippen molar-refractivity contribution in [3.8, 4) is 5.75 Å². The highest BCUT2D eigenvalue weighted by molar-refractivity contribution is 5.24. The molecule has 0 aliphatic rings. The van der Waals surface area contributed by atoms with Crippen LogP contribution in [0.1, 0.15) is 11.1 Å². The summed E-state index contributed by atoms with van der Waals surface area (Å²) in [6.45, 7) is 2.00. The van der Waals surface area contributed by atoms with Gasteiger partial charge in [-0.1, -0.05) is 6.07 Å². The molecule has 0 aliphatic heterocycles. The smallest absolute Gasteiger partial charge is 0.216 e. The quantitative estimate of drug-likeness (QED) is 0.762. The fraction of sp³-hybridized carbons (Fsp3) is 0.154. The van der Waals surface area contributed by atoms with E-state index in [0.29, 0.717) is 11.3 Å². The molecule has 0 atom stereocenters.